The molecule has 3 rings (SSSR count). The number of anilines is 3. The standard InChI is InChI=1S/C16H12ClFN6O2/c17-12-7-9(5-6-20-12)14(25)26-8-13-22-15(19)24-16(23-13)21-11-3-1-10(18)2-4-11/h1-7H,8H2,(H3,19,21,22,23,24). The summed E-state index contributed by atoms with van der Waals surface area (Å²) in [5.74, 6) is -0.740. The fraction of sp³-hybridized carbons (Fsp3) is 0.0625. The van der Waals surface area contributed by atoms with Gasteiger partial charge in [-0.15, -0.1) is 0 Å². The van der Waals surface area contributed by atoms with Gasteiger partial charge in [0.2, 0.25) is 11.9 Å². The summed E-state index contributed by atoms with van der Waals surface area (Å²) in [4.78, 5) is 27.7. The van der Waals surface area contributed by atoms with Gasteiger partial charge in [-0.25, -0.2) is 14.2 Å². The fourth-order valence-electron chi connectivity index (χ4n) is 1.96. The highest BCUT2D eigenvalue weighted by atomic mass is 35.5. The maximum atomic E-state index is 12.9. The monoisotopic (exact) mass is 374 g/mol. The number of carbonyl (C=O) groups excluding carboxylic acids is 1. The molecule has 26 heavy (non-hydrogen) atoms. The van der Waals surface area contributed by atoms with Crippen LogP contribution >= 0.6 is 11.6 Å². The van der Waals surface area contributed by atoms with Crippen molar-refractivity contribution in [3.63, 3.8) is 0 Å². The zero-order chi connectivity index (χ0) is 18.5. The molecule has 0 bridgehead atoms. The van der Waals surface area contributed by atoms with E-state index in [0.717, 1.165) is 0 Å². The molecule has 1 aromatic carbocycles. The van der Waals surface area contributed by atoms with E-state index < -0.39 is 5.97 Å². The number of hydrogen-bond acceptors (Lipinski definition) is 8. The Balaban J connectivity index is 1.69. The predicted molar refractivity (Wildman–Crippen MR) is 92.3 cm³/mol. The Morgan fingerprint density at radius 1 is 1.19 bits per heavy atom. The minimum absolute atomic E-state index is 0.0531. The molecule has 0 spiro atoms. The first-order valence-corrected chi connectivity index (χ1v) is 7.69. The van der Waals surface area contributed by atoms with Gasteiger partial charge in [-0.3, -0.25) is 0 Å². The third-order valence-electron chi connectivity index (χ3n) is 3.09. The SMILES string of the molecule is Nc1nc(COC(=O)c2ccnc(Cl)c2)nc(Nc2ccc(F)cc2)n1. The summed E-state index contributed by atoms with van der Waals surface area (Å²) in [6.07, 6.45) is 1.39. The van der Waals surface area contributed by atoms with E-state index in [0.29, 0.717) is 5.69 Å². The van der Waals surface area contributed by atoms with Crippen molar-refractivity contribution in [3.05, 3.63) is 65.0 Å². The van der Waals surface area contributed by atoms with Crippen molar-refractivity contribution >= 4 is 35.2 Å². The van der Waals surface area contributed by atoms with E-state index in [1.54, 1.807) is 0 Å². The quantitative estimate of drug-likeness (QED) is 0.517. The Kier molecular flexibility index (Phi) is 5.18. The summed E-state index contributed by atoms with van der Waals surface area (Å²) >= 11 is 5.73. The highest BCUT2D eigenvalue weighted by Gasteiger charge is 2.11. The number of nitrogen functional groups attached to an aromatic ring is 1. The molecular weight excluding hydrogens is 363 g/mol. The molecule has 10 heteroatoms. The number of ether oxygens (including phenoxy) is 1. The Bertz CT molecular complexity index is 938. The van der Waals surface area contributed by atoms with Crippen molar-refractivity contribution in [1.82, 2.24) is 19.9 Å². The maximum Gasteiger partial charge on any atom is 0.338 e. The number of rotatable bonds is 5. The summed E-state index contributed by atoms with van der Waals surface area (Å²) in [5.41, 5.74) is 6.45. The summed E-state index contributed by atoms with van der Waals surface area (Å²) in [6, 6.07) is 8.46. The first kappa shape index (κ1) is 17.5. The predicted octanol–water partition coefficient (Wildman–Crippen LogP) is 2.74. The van der Waals surface area contributed by atoms with E-state index >= 15 is 0 Å². The van der Waals surface area contributed by atoms with E-state index in [2.05, 4.69) is 25.3 Å². The number of benzene rings is 1. The largest absolute Gasteiger partial charge is 0.454 e. The lowest BCUT2D eigenvalue weighted by Crippen LogP contribution is -2.11. The zero-order valence-electron chi connectivity index (χ0n) is 13.2. The van der Waals surface area contributed by atoms with Gasteiger partial charge >= 0.3 is 5.97 Å². The van der Waals surface area contributed by atoms with Crippen molar-refractivity contribution in [3.8, 4) is 0 Å². The van der Waals surface area contributed by atoms with Gasteiger partial charge in [0.05, 0.1) is 5.56 Å². The highest BCUT2D eigenvalue weighted by molar-refractivity contribution is 6.29. The van der Waals surface area contributed by atoms with Crippen LogP contribution < -0.4 is 11.1 Å². The second-order valence-corrected chi connectivity index (χ2v) is 5.40. The van der Waals surface area contributed by atoms with Crippen LogP contribution in [0.5, 0.6) is 0 Å². The van der Waals surface area contributed by atoms with Crippen molar-refractivity contribution in [2.75, 3.05) is 11.1 Å². The van der Waals surface area contributed by atoms with Crippen molar-refractivity contribution < 1.29 is 13.9 Å². The minimum Gasteiger partial charge on any atom is -0.454 e. The topological polar surface area (TPSA) is 116 Å². The van der Waals surface area contributed by atoms with Gasteiger partial charge in [0, 0.05) is 11.9 Å². The van der Waals surface area contributed by atoms with E-state index in [-0.39, 0.29) is 40.9 Å². The number of aromatic nitrogens is 4. The van der Waals surface area contributed by atoms with Crippen LogP contribution in [-0.2, 0) is 11.3 Å². The molecule has 0 radical (unpaired) electrons. The van der Waals surface area contributed by atoms with Gasteiger partial charge in [-0.1, -0.05) is 11.6 Å². The number of carbonyl (C=O) groups is 1. The molecule has 132 valence electrons. The van der Waals surface area contributed by atoms with E-state index in [4.69, 9.17) is 22.1 Å². The number of nitrogens with zero attached hydrogens (tertiary/aromatic N) is 4. The molecule has 0 atom stereocenters. The molecule has 0 amide bonds. The lowest BCUT2D eigenvalue weighted by molar-refractivity contribution is 0.0462. The van der Waals surface area contributed by atoms with Crippen LogP contribution in [0, 0.1) is 5.82 Å². The second kappa shape index (κ2) is 7.70. The van der Waals surface area contributed by atoms with Crippen LogP contribution in [-0.4, -0.2) is 25.9 Å². The van der Waals surface area contributed by atoms with Crippen LogP contribution in [0.3, 0.4) is 0 Å². The molecule has 3 N–H and O–H groups in total. The van der Waals surface area contributed by atoms with Crippen LogP contribution in [0.15, 0.2) is 42.6 Å². The molecule has 2 aromatic heterocycles. The average Bonchev–Trinajstić information content (AvgIpc) is 2.61. The second-order valence-electron chi connectivity index (χ2n) is 5.01. The number of halogens is 2. The first-order chi connectivity index (χ1) is 12.5. The molecule has 0 aliphatic carbocycles. The van der Waals surface area contributed by atoms with Gasteiger partial charge < -0.3 is 15.8 Å². The Morgan fingerprint density at radius 3 is 2.69 bits per heavy atom. The van der Waals surface area contributed by atoms with Crippen LogP contribution in [0.2, 0.25) is 5.15 Å². The molecule has 0 fully saturated rings. The molecular formula is C16H12ClFN6O2. The van der Waals surface area contributed by atoms with Crippen molar-refractivity contribution in [1.29, 1.82) is 0 Å². The summed E-state index contributed by atoms with van der Waals surface area (Å²) in [6.45, 7) is -0.219. The molecule has 0 saturated carbocycles. The van der Waals surface area contributed by atoms with Crippen molar-refractivity contribution in [2.45, 2.75) is 6.61 Å². The van der Waals surface area contributed by atoms with Gasteiger partial charge in [0.1, 0.15) is 11.0 Å². The van der Waals surface area contributed by atoms with E-state index in [1.807, 2.05) is 0 Å². The number of hydrogen-bond donors (Lipinski definition) is 2. The third kappa shape index (κ3) is 4.61. The fourth-order valence-corrected chi connectivity index (χ4v) is 2.14. The number of esters is 1. The smallest absolute Gasteiger partial charge is 0.338 e. The Labute approximate surface area is 152 Å². The molecule has 0 saturated heterocycles. The summed E-state index contributed by atoms with van der Waals surface area (Å²) in [5, 5.41) is 3.04. The molecule has 0 unspecified atom stereocenters. The van der Waals surface area contributed by atoms with Crippen LogP contribution in [0.1, 0.15) is 16.2 Å². The lowest BCUT2D eigenvalue weighted by atomic mass is 10.3. The molecule has 2 heterocycles. The van der Waals surface area contributed by atoms with Crippen LogP contribution in [0.25, 0.3) is 0 Å². The van der Waals surface area contributed by atoms with E-state index in [1.165, 1.54) is 42.6 Å². The minimum atomic E-state index is -0.610. The maximum absolute atomic E-state index is 12.9. The number of nitrogens with two attached hydrogens (primary N) is 1. The molecule has 0 aliphatic rings. The van der Waals surface area contributed by atoms with Crippen molar-refractivity contribution in [2.24, 2.45) is 0 Å². The van der Waals surface area contributed by atoms with Crippen LogP contribution in [0.4, 0.5) is 22.0 Å². The molecule has 3 aromatic rings. The van der Waals surface area contributed by atoms with Gasteiger partial charge in [-0.05, 0) is 36.4 Å². The highest BCUT2D eigenvalue weighted by Crippen LogP contribution is 2.15. The van der Waals surface area contributed by atoms with Gasteiger partial charge in [-0.2, -0.15) is 15.0 Å². The summed E-state index contributed by atoms with van der Waals surface area (Å²) in [7, 11) is 0. The molecule has 0 aliphatic heterocycles. The Hall–Kier alpha value is -3.33. The third-order valence-corrected chi connectivity index (χ3v) is 3.30. The van der Waals surface area contributed by atoms with Gasteiger partial charge in [0.25, 0.3) is 0 Å². The lowest BCUT2D eigenvalue weighted by Gasteiger charge is -2.08. The van der Waals surface area contributed by atoms with Gasteiger partial charge in [0.15, 0.2) is 12.4 Å². The van der Waals surface area contributed by atoms with E-state index in [9.17, 15) is 9.18 Å². The Morgan fingerprint density at radius 2 is 1.96 bits per heavy atom. The summed E-state index contributed by atoms with van der Waals surface area (Å²) < 4.78 is 18.1. The zero-order valence-corrected chi connectivity index (χ0v) is 13.9. The number of pyridine rings is 1. The normalized spacial score (nSPS) is 10.4. The average molecular weight is 375 g/mol. The first-order valence-electron chi connectivity index (χ1n) is 7.31. The number of nitrogens with one attached hydrogen (secondary N) is 1. The molecule has 8 nitrogen and oxygen atoms in total.